The zero-order valence-corrected chi connectivity index (χ0v) is 12.5. The Balaban J connectivity index is 2.38. The summed E-state index contributed by atoms with van der Waals surface area (Å²) in [4.78, 5) is 22.7. The second-order valence-electron chi connectivity index (χ2n) is 4.71. The summed E-state index contributed by atoms with van der Waals surface area (Å²) in [6.45, 7) is -0.301. The molecular weight excluding hydrogens is 288 g/mol. The lowest BCUT2D eigenvalue weighted by Crippen LogP contribution is -2.10. The van der Waals surface area contributed by atoms with Gasteiger partial charge >= 0.3 is 11.9 Å². The summed E-state index contributed by atoms with van der Waals surface area (Å²) in [6.07, 6.45) is 1.60. The van der Waals surface area contributed by atoms with Gasteiger partial charge in [-0.3, -0.25) is 9.59 Å². The Morgan fingerprint density at radius 2 is 1.32 bits per heavy atom. The Labute approximate surface area is 129 Å². The number of aliphatic hydroxyl groups excluding tert-OH is 2. The number of esters is 2. The fraction of sp³-hybridized carbons (Fsp3) is 0.500. The van der Waals surface area contributed by atoms with E-state index in [9.17, 15) is 9.59 Å². The van der Waals surface area contributed by atoms with Crippen LogP contribution in [0, 0.1) is 0 Å². The van der Waals surface area contributed by atoms with Crippen LogP contribution < -0.4 is 0 Å². The van der Waals surface area contributed by atoms with Crippen LogP contribution in [0.2, 0.25) is 0 Å². The first-order chi connectivity index (χ1) is 10.7. The van der Waals surface area contributed by atoms with Crippen LogP contribution in [0.1, 0.15) is 24.0 Å². The summed E-state index contributed by atoms with van der Waals surface area (Å²) >= 11 is 0. The van der Waals surface area contributed by atoms with E-state index in [0.29, 0.717) is 12.8 Å². The number of rotatable bonds is 10. The van der Waals surface area contributed by atoms with Gasteiger partial charge in [-0.2, -0.15) is 0 Å². The van der Waals surface area contributed by atoms with Gasteiger partial charge in [0, 0.05) is 12.8 Å². The summed E-state index contributed by atoms with van der Waals surface area (Å²) in [6, 6.07) is 7.64. The first-order valence-corrected chi connectivity index (χ1v) is 7.26. The van der Waals surface area contributed by atoms with Gasteiger partial charge < -0.3 is 19.7 Å². The molecule has 0 amide bonds. The Morgan fingerprint density at radius 1 is 0.864 bits per heavy atom. The molecule has 0 aliphatic rings. The van der Waals surface area contributed by atoms with Crippen molar-refractivity contribution in [3.63, 3.8) is 0 Å². The molecule has 0 aliphatic carbocycles. The van der Waals surface area contributed by atoms with Crippen molar-refractivity contribution >= 4 is 11.9 Å². The topological polar surface area (TPSA) is 93.1 Å². The van der Waals surface area contributed by atoms with Crippen molar-refractivity contribution in [3.8, 4) is 0 Å². The molecule has 0 saturated carbocycles. The standard InChI is InChI=1S/C16H22O6/c17-8-10-21-15(19)6-4-13-2-1-3-14(12-13)5-7-16(20)22-11-9-18/h1-3,12,17-18H,4-11H2. The molecule has 0 spiro atoms. The van der Waals surface area contributed by atoms with Crippen LogP contribution in [-0.2, 0) is 31.9 Å². The molecular formula is C16H22O6. The molecule has 0 aromatic heterocycles. The second-order valence-corrected chi connectivity index (χ2v) is 4.71. The van der Waals surface area contributed by atoms with Gasteiger partial charge in [-0.1, -0.05) is 24.3 Å². The highest BCUT2D eigenvalue weighted by Crippen LogP contribution is 2.10. The van der Waals surface area contributed by atoms with Gasteiger partial charge in [0.15, 0.2) is 0 Å². The van der Waals surface area contributed by atoms with Gasteiger partial charge in [-0.25, -0.2) is 0 Å². The first-order valence-electron chi connectivity index (χ1n) is 7.26. The first kappa shape index (κ1) is 18.1. The van der Waals surface area contributed by atoms with Crippen LogP contribution in [0.3, 0.4) is 0 Å². The minimum Gasteiger partial charge on any atom is -0.463 e. The molecule has 6 nitrogen and oxygen atoms in total. The molecule has 0 radical (unpaired) electrons. The molecule has 0 bridgehead atoms. The smallest absolute Gasteiger partial charge is 0.306 e. The van der Waals surface area contributed by atoms with E-state index in [4.69, 9.17) is 19.7 Å². The van der Waals surface area contributed by atoms with E-state index in [0.717, 1.165) is 11.1 Å². The van der Waals surface area contributed by atoms with Crippen molar-refractivity contribution in [2.45, 2.75) is 25.7 Å². The van der Waals surface area contributed by atoms with Gasteiger partial charge in [-0.05, 0) is 24.0 Å². The summed E-state index contributed by atoms with van der Waals surface area (Å²) in [5, 5.41) is 17.1. The highest BCUT2D eigenvalue weighted by Gasteiger charge is 2.06. The van der Waals surface area contributed by atoms with Crippen molar-refractivity contribution in [1.82, 2.24) is 0 Å². The number of carbonyl (C=O) groups is 2. The van der Waals surface area contributed by atoms with Crippen LogP contribution in [0.4, 0.5) is 0 Å². The van der Waals surface area contributed by atoms with Gasteiger partial charge in [0.25, 0.3) is 0 Å². The average molecular weight is 310 g/mol. The third-order valence-corrected chi connectivity index (χ3v) is 2.94. The van der Waals surface area contributed by atoms with Crippen LogP contribution >= 0.6 is 0 Å². The SMILES string of the molecule is O=C(CCc1cccc(CCC(=O)OCCO)c1)OCCO. The molecule has 0 aliphatic heterocycles. The maximum absolute atomic E-state index is 11.4. The van der Waals surface area contributed by atoms with Gasteiger partial charge in [0.2, 0.25) is 0 Å². The molecule has 0 fully saturated rings. The summed E-state index contributed by atoms with van der Waals surface area (Å²) < 4.78 is 9.58. The number of aryl methyl sites for hydroxylation is 2. The monoisotopic (exact) mass is 310 g/mol. The fourth-order valence-corrected chi connectivity index (χ4v) is 1.90. The van der Waals surface area contributed by atoms with E-state index in [1.54, 1.807) is 0 Å². The van der Waals surface area contributed by atoms with Gasteiger partial charge in [0.1, 0.15) is 13.2 Å². The van der Waals surface area contributed by atoms with Crippen LogP contribution in [0.15, 0.2) is 24.3 Å². The molecule has 1 rings (SSSR count). The number of benzene rings is 1. The summed E-state index contributed by atoms with van der Waals surface area (Å²) in [5.74, 6) is -0.681. The van der Waals surface area contributed by atoms with Crippen molar-refractivity contribution < 1.29 is 29.3 Å². The largest absolute Gasteiger partial charge is 0.463 e. The van der Waals surface area contributed by atoms with Crippen molar-refractivity contribution in [1.29, 1.82) is 0 Å². The van der Waals surface area contributed by atoms with Gasteiger partial charge in [0.05, 0.1) is 13.2 Å². The maximum Gasteiger partial charge on any atom is 0.306 e. The zero-order valence-electron chi connectivity index (χ0n) is 12.5. The van der Waals surface area contributed by atoms with E-state index < -0.39 is 0 Å². The number of hydrogen-bond donors (Lipinski definition) is 2. The average Bonchev–Trinajstić information content (AvgIpc) is 2.54. The predicted octanol–water partition coefficient (Wildman–Crippen LogP) is 0.623. The Morgan fingerprint density at radius 3 is 1.73 bits per heavy atom. The van der Waals surface area contributed by atoms with E-state index in [1.165, 1.54) is 0 Å². The molecule has 1 aromatic carbocycles. The molecule has 22 heavy (non-hydrogen) atoms. The molecule has 1 aromatic rings. The number of carbonyl (C=O) groups excluding carboxylic acids is 2. The summed E-state index contributed by atoms with van der Waals surface area (Å²) in [7, 11) is 0. The van der Waals surface area contributed by atoms with Crippen molar-refractivity contribution in [2.75, 3.05) is 26.4 Å². The highest BCUT2D eigenvalue weighted by molar-refractivity contribution is 5.70. The molecule has 0 unspecified atom stereocenters. The lowest BCUT2D eigenvalue weighted by Gasteiger charge is -2.06. The van der Waals surface area contributed by atoms with Crippen LogP contribution in [0.5, 0.6) is 0 Å². The normalized spacial score (nSPS) is 10.3. The van der Waals surface area contributed by atoms with Crippen LogP contribution in [0.25, 0.3) is 0 Å². The third kappa shape index (κ3) is 7.75. The zero-order chi connectivity index (χ0) is 16.2. The van der Waals surface area contributed by atoms with E-state index in [2.05, 4.69) is 0 Å². The van der Waals surface area contributed by atoms with Crippen LogP contribution in [-0.4, -0.2) is 48.6 Å². The fourth-order valence-electron chi connectivity index (χ4n) is 1.90. The number of hydrogen-bond acceptors (Lipinski definition) is 6. The Kier molecular flexibility index (Phi) is 8.86. The minimum atomic E-state index is -0.341. The highest BCUT2D eigenvalue weighted by atomic mass is 16.5. The minimum absolute atomic E-state index is 0.0226. The van der Waals surface area contributed by atoms with E-state index in [1.807, 2.05) is 24.3 Å². The quantitative estimate of drug-likeness (QED) is 0.616. The number of ether oxygens (including phenoxy) is 2. The van der Waals surface area contributed by atoms with Crippen molar-refractivity contribution in [2.24, 2.45) is 0 Å². The molecule has 0 atom stereocenters. The molecule has 6 heteroatoms. The van der Waals surface area contributed by atoms with Gasteiger partial charge in [-0.15, -0.1) is 0 Å². The lowest BCUT2D eigenvalue weighted by molar-refractivity contribution is -0.145. The van der Waals surface area contributed by atoms with Crippen molar-refractivity contribution in [3.05, 3.63) is 35.4 Å². The lowest BCUT2D eigenvalue weighted by atomic mass is 10.0. The van der Waals surface area contributed by atoms with E-state index >= 15 is 0 Å². The molecule has 0 heterocycles. The molecule has 0 saturated heterocycles. The molecule has 122 valence electrons. The predicted molar refractivity (Wildman–Crippen MR) is 79.2 cm³/mol. The Bertz CT molecular complexity index is 432. The van der Waals surface area contributed by atoms with E-state index in [-0.39, 0.29) is 51.2 Å². The third-order valence-electron chi connectivity index (χ3n) is 2.94. The Hall–Kier alpha value is -1.92. The second kappa shape index (κ2) is 10.8. The summed E-state index contributed by atoms with van der Waals surface area (Å²) in [5.41, 5.74) is 1.98. The molecule has 2 N–H and O–H groups in total. The number of aliphatic hydroxyl groups is 2. The maximum atomic E-state index is 11.4.